The van der Waals surface area contributed by atoms with Crippen LogP contribution in [0.5, 0.6) is 0 Å². The van der Waals surface area contributed by atoms with Crippen LogP contribution in [0.1, 0.15) is 19.8 Å². The quantitative estimate of drug-likeness (QED) is 0.507. The van der Waals surface area contributed by atoms with Crippen molar-refractivity contribution >= 4 is 17.8 Å². The molecule has 0 unspecified atom stereocenters. The average molecular weight is 231 g/mol. The van der Waals surface area contributed by atoms with Crippen molar-refractivity contribution in [1.82, 2.24) is 15.8 Å². The number of amides is 2. The maximum Gasteiger partial charge on any atom is 0.303 e. The Bertz CT molecular complexity index is 267. The molecule has 0 saturated carbocycles. The van der Waals surface area contributed by atoms with Gasteiger partial charge in [0, 0.05) is 13.3 Å². The number of nitrogens with one attached hydrogen (secondary N) is 2. The summed E-state index contributed by atoms with van der Waals surface area (Å²) in [4.78, 5) is 33.6. The highest BCUT2D eigenvalue weighted by Gasteiger charge is 2.07. The van der Waals surface area contributed by atoms with Gasteiger partial charge in [-0.05, 0) is 20.0 Å². The van der Waals surface area contributed by atoms with Crippen molar-refractivity contribution in [3.05, 3.63) is 0 Å². The zero-order valence-corrected chi connectivity index (χ0v) is 9.45. The van der Waals surface area contributed by atoms with E-state index < -0.39 is 5.97 Å². The lowest BCUT2D eigenvalue weighted by Gasteiger charge is -2.15. The van der Waals surface area contributed by atoms with E-state index in [1.807, 2.05) is 0 Å². The number of hydrazine groups is 1. The maximum atomic E-state index is 11.2. The molecule has 0 atom stereocenters. The van der Waals surface area contributed by atoms with Crippen molar-refractivity contribution in [1.29, 1.82) is 0 Å². The summed E-state index contributed by atoms with van der Waals surface area (Å²) in [7, 11) is 1.70. The molecule has 0 heterocycles. The highest BCUT2D eigenvalue weighted by atomic mass is 16.4. The Balaban J connectivity index is 3.61. The number of aliphatic carboxylic acids is 1. The largest absolute Gasteiger partial charge is 0.481 e. The van der Waals surface area contributed by atoms with E-state index in [2.05, 4.69) is 10.9 Å². The smallest absolute Gasteiger partial charge is 0.303 e. The van der Waals surface area contributed by atoms with Gasteiger partial charge >= 0.3 is 5.97 Å². The van der Waals surface area contributed by atoms with Crippen LogP contribution >= 0.6 is 0 Å². The minimum Gasteiger partial charge on any atom is -0.481 e. The normalized spacial score (nSPS) is 9.94. The molecule has 0 bridgehead atoms. The molecule has 16 heavy (non-hydrogen) atoms. The number of hydrogen-bond acceptors (Lipinski definition) is 4. The summed E-state index contributed by atoms with van der Waals surface area (Å²) < 4.78 is 0. The second-order valence-electron chi connectivity index (χ2n) is 3.46. The molecule has 0 rings (SSSR count). The monoisotopic (exact) mass is 231 g/mol. The molecule has 0 aliphatic carbocycles. The first-order valence-electron chi connectivity index (χ1n) is 4.87. The van der Waals surface area contributed by atoms with Gasteiger partial charge in [-0.3, -0.25) is 30.1 Å². The van der Waals surface area contributed by atoms with E-state index in [9.17, 15) is 14.4 Å². The molecule has 0 saturated heterocycles. The van der Waals surface area contributed by atoms with Crippen LogP contribution in [0.2, 0.25) is 0 Å². The Morgan fingerprint density at radius 1 is 1.25 bits per heavy atom. The molecule has 0 aromatic heterocycles. The number of hydrogen-bond donors (Lipinski definition) is 3. The summed E-state index contributed by atoms with van der Waals surface area (Å²) >= 11 is 0. The van der Waals surface area contributed by atoms with E-state index in [4.69, 9.17) is 5.11 Å². The molecule has 92 valence electrons. The minimum atomic E-state index is -0.851. The molecule has 3 N–H and O–H groups in total. The molecule has 0 radical (unpaired) electrons. The number of likely N-dealkylation sites (N-methyl/N-ethyl adjacent to an activating group) is 1. The lowest BCUT2D eigenvalue weighted by Crippen LogP contribution is -2.45. The van der Waals surface area contributed by atoms with Crippen molar-refractivity contribution in [3.8, 4) is 0 Å². The van der Waals surface area contributed by atoms with E-state index in [0.29, 0.717) is 13.0 Å². The Morgan fingerprint density at radius 3 is 2.38 bits per heavy atom. The first-order chi connectivity index (χ1) is 7.41. The van der Waals surface area contributed by atoms with Gasteiger partial charge in [0.2, 0.25) is 5.91 Å². The molecule has 0 spiro atoms. The van der Waals surface area contributed by atoms with Crippen LogP contribution in [0.3, 0.4) is 0 Å². The third-order valence-corrected chi connectivity index (χ3v) is 1.72. The standard InChI is InChI=1S/C9H17N3O4/c1-7(13)10-11-8(14)6-12(2)5-3-4-9(15)16/h3-6H2,1-2H3,(H,10,13)(H,11,14)(H,15,16). The van der Waals surface area contributed by atoms with Crippen LogP contribution in [-0.2, 0) is 14.4 Å². The molecule has 7 heteroatoms. The molecule has 0 aromatic rings. The summed E-state index contributed by atoms with van der Waals surface area (Å²) in [5, 5.41) is 8.41. The number of carbonyl (C=O) groups excluding carboxylic acids is 2. The second-order valence-corrected chi connectivity index (χ2v) is 3.46. The van der Waals surface area contributed by atoms with E-state index in [-0.39, 0.29) is 24.8 Å². The van der Waals surface area contributed by atoms with E-state index in [1.165, 1.54) is 6.92 Å². The molecule has 0 fully saturated rings. The first-order valence-corrected chi connectivity index (χ1v) is 4.87. The molecular formula is C9H17N3O4. The molecule has 0 aromatic carbocycles. The number of carboxylic acid groups (broad SMARTS) is 1. The molecule has 7 nitrogen and oxygen atoms in total. The fourth-order valence-electron chi connectivity index (χ4n) is 1.02. The van der Waals surface area contributed by atoms with Gasteiger partial charge in [0.25, 0.3) is 5.91 Å². The van der Waals surface area contributed by atoms with Gasteiger partial charge in [-0.1, -0.05) is 0 Å². The van der Waals surface area contributed by atoms with Crippen LogP contribution in [0.15, 0.2) is 0 Å². The van der Waals surface area contributed by atoms with E-state index >= 15 is 0 Å². The number of nitrogens with zero attached hydrogens (tertiary/aromatic N) is 1. The van der Waals surface area contributed by atoms with Crippen LogP contribution in [0.25, 0.3) is 0 Å². The number of rotatable bonds is 6. The number of carbonyl (C=O) groups is 3. The summed E-state index contributed by atoms with van der Waals surface area (Å²) in [5.74, 6) is -1.54. The summed E-state index contributed by atoms with van der Waals surface area (Å²) in [6, 6.07) is 0. The van der Waals surface area contributed by atoms with Gasteiger partial charge in [0.15, 0.2) is 0 Å². The van der Waals surface area contributed by atoms with E-state index in [0.717, 1.165) is 0 Å². The summed E-state index contributed by atoms with van der Waals surface area (Å²) in [5.41, 5.74) is 4.38. The number of carboxylic acids is 1. The predicted octanol–water partition coefficient (Wildman–Crippen LogP) is -1.05. The lowest BCUT2D eigenvalue weighted by molar-refractivity contribution is -0.137. The van der Waals surface area contributed by atoms with Crippen molar-refractivity contribution < 1.29 is 19.5 Å². The third-order valence-electron chi connectivity index (χ3n) is 1.72. The molecular weight excluding hydrogens is 214 g/mol. The predicted molar refractivity (Wildman–Crippen MR) is 56.3 cm³/mol. The third kappa shape index (κ3) is 8.95. The highest BCUT2D eigenvalue weighted by molar-refractivity contribution is 5.81. The van der Waals surface area contributed by atoms with Crippen LogP contribution in [0, 0.1) is 0 Å². The summed E-state index contributed by atoms with van der Waals surface area (Å²) in [6.07, 6.45) is 0.566. The lowest BCUT2D eigenvalue weighted by atomic mass is 10.3. The SMILES string of the molecule is CC(=O)NNC(=O)CN(C)CCCC(=O)O. The van der Waals surface area contributed by atoms with Gasteiger partial charge in [-0.15, -0.1) is 0 Å². The first kappa shape index (κ1) is 14.4. The van der Waals surface area contributed by atoms with Gasteiger partial charge in [-0.2, -0.15) is 0 Å². The van der Waals surface area contributed by atoms with Crippen LogP contribution in [-0.4, -0.2) is 47.9 Å². The Hall–Kier alpha value is -1.63. The van der Waals surface area contributed by atoms with Crippen molar-refractivity contribution in [3.63, 3.8) is 0 Å². The van der Waals surface area contributed by atoms with Crippen LogP contribution < -0.4 is 10.9 Å². The van der Waals surface area contributed by atoms with Gasteiger partial charge in [-0.25, -0.2) is 0 Å². The van der Waals surface area contributed by atoms with Gasteiger partial charge < -0.3 is 5.11 Å². The maximum absolute atomic E-state index is 11.2. The second kappa shape index (κ2) is 7.63. The average Bonchev–Trinajstić information content (AvgIpc) is 2.14. The van der Waals surface area contributed by atoms with Crippen LogP contribution in [0.4, 0.5) is 0 Å². The highest BCUT2D eigenvalue weighted by Crippen LogP contribution is 1.92. The fraction of sp³-hybridized carbons (Fsp3) is 0.667. The van der Waals surface area contributed by atoms with Gasteiger partial charge in [0.1, 0.15) is 0 Å². The molecule has 0 aliphatic rings. The van der Waals surface area contributed by atoms with Crippen molar-refractivity contribution in [2.45, 2.75) is 19.8 Å². The minimum absolute atomic E-state index is 0.0810. The topological polar surface area (TPSA) is 98.7 Å². The van der Waals surface area contributed by atoms with E-state index in [1.54, 1.807) is 11.9 Å². The Morgan fingerprint density at radius 2 is 1.88 bits per heavy atom. The van der Waals surface area contributed by atoms with Crippen molar-refractivity contribution in [2.75, 3.05) is 20.1 Å². The Kier molecular flexibility index (Phi) is 6.86. The zero-order valence-electron chi connectivity index (χ0n) is 9.45. The zero-order chi connectivity index (χ0) is 12.6. The molecule has 2 amide bonds. The Labute approximate surface area is 93.8 Å². The molecule has 0 aliphatic heterocycles. The fourth-order valence-corrected chi connectivity index (χ4v) is 1.02. The van der Waals surface area contributed by atoms with Gasteiger partial charge in [0.05, 0.1) is 6.54 Å². The summed E-state index contributed by atoms with van der Waals surface area (Å²) in [6.45, 7) is 1.91. The van der Waals surface area contributed by atoms with Crippen molar-refractivity contribution in [2.24, 2.45) is 0 Å².